The first-order valence-electron chi connectivity index (χ1n) is 7.73. The molecular weight excluding hydrogens is 311 g/mol. The second kappa shape index (κ2) is 7.29. The highest BCUT2D eigenvalue weighted by atomic mass is 19.1. The number of halogens is 1. The molecule has 1 heterocycles. The number of hydrogen-bond donors (Lipinski definition) is 2. The van der Waals surface area contributed by atoms with E-state index in [-0.39, 0.29) is 24.2 Å². The van der Waals surface area contributed by atoms with Crippen molar-refractivity contribution in [3.8, 4) is 0 Å². The van der Waals surface area contributed by atoms with Gasteiger partial charge in [0.15, 0.2) is 0 Å². The van der Waals surface area contributed by atoms with Gasteiger partial charge in [-0.05, 0) is 39.3 Å². The number of carbonyl (C=O) groups excluding carboxylic acids is 2. The lowest BCUT2D eigenvalue weighted by molar-refractivity contribution is 0.0376. The lowest BCUT2D eigenvalue weighted by atomic mass is 10.1. The summed E-state index contributed by atoms with van der Waals surface area (Å²) < 4.78 is 18.8. The van der Waals surface area contributed by atoms with Gasteiger partial charge in [0, 0.05) is 17.8 Å². The molecule has 0 aliphatic heterocycles. The topological polar surface area (TPSA) is 71.2 Å². The molecule has 0 unspecified atom stereocenters. The Bertz CT molecular complexity index is 766. The van der Waals surface area contributed by atoms with E-state index in [1.165, 1.54) is 6.07 Å². The van der Waals surface area contributed by atoms with Crippen LogP contribution in [0.4, 0.5) is 4.39 Å². The Morgan fingerprint density at radius 3 is 2.54 bits per heavy atom. The summed E-state index contributed by atoms with van der Waals surface area (Å²) in [6.07, 6.45) is -0.246. The van der Waals surface area contributed by atoms with Crippen molar-refractivity contribution >= 4 is 11.9 Å². The second-order valence-corrected chi connectivity index (χ2v) is 5.85. The number of aromatic nitrogens is 1. The SMILES string of the molecule is Cc1[nH]c(C(=O)NCc2ccccc2F)c(C)c1C(=O)OC(C)C. The summed E-state index contributed by atoms with van der Waals surface area (Å²) in [6, 6.07) is 6.24. The third kappa shape index (κ3) is 3.82. The van der Waals surface area contributed by atoms with Gasteiger partial charge >= 0.3 is 5.97 Å². The molecular formula is C18H21FN2O3. The number of rotatable bonds is 5. The van der Waals surface area contributed by atoms with Gasteiger partial charge in [-0.25, -0.2) is 9.18 Å². The maximum Gasteiger partial charge on any atom is 0.340 e. The first-order chi connectivity index (χ1) is 11.3. The summed E-state index contributed by atoms with van der Waals surface area (Å²) in [5.74, 6) is -1.25. The average Bonchev–Trinajstić information content (AvgIpc) is 2.80. The van der Waals surface area contributed by atoms with Crippen LogP contribution in [0.5, 0.6) is 0 Å². The predicted molar refractivity (Wildman–Crippen MR) is 88.4 cm³/mol. The highest BCUT2D eigenvalue weighted by molar-refractivity contribution is 6.00. The van der Waals surface area contributed by atoms with E-state index in [4.69, 9.17) is 4.74 Å². The van der Waals surface area contributed by atoms with Crippen molar-refractivity contribution in [3.63, 3.8) is 0 Å². The summed E-state index contributed by atoms with van der Waals surface area (Å²) in [6.45, 7) is 6.97. The number of amides is 1. The van der Waals surface area contributed by atoms with Crippen LogP contribution in [0.2, 0.25) is 0 Å². The molecule has 0 fully saturated rings. The molecule has 2 rings (SSSR count). The molecule has 24 heavy (non-hydrogen) atoms. The predicted octanol–water partition coefficient (Wildman–Crippen LogP) is 3.27. The zero-order chi connectivity index (χ0) is 17.9. The van der Waals surface area contributed by atoms with E-state index < -0.39 is 11.9 Å². The third-order valence-corrected chi connectivity index (χ3v) is 3.61. The number of hydrogen-bond acceptors (Lipinski definition) is 3. The van der Waals surface area contributed by atoms with Crippen molar-refractivity contribution in [1.29, 1.82) is 0 Å². The zero-order valence-electron chi connectivity index (χ0n) is 14.2. The van der Waals surface area contributed by atoms with Crippen LogP contribution in [0.15, 0.2) is 24.3 Å². The van der Waals surface area contributed by atoms with Crippen LogP contribution in [0, 0.1) is 19.7 Å². The summed E-state index contributed by atoms with van der Waals surface area (Å²) >= 11 is 0. The van der Waals surface area contributed by atoms with Crippen LogP contribution in [0.1, 0.15) is 51.5 Å². The number of ether oxygens (including phenoxy) is 1. The summed E-state index contributed by atoms with van der Waals surface area (Å²) in [5.41, 5.74) is 2.11. The molecule has 0 aliphatic carbocycles. The van der Waals surface area contributed by atoms with Crippen molar-refractivity contribution in [2.45, 2.75) is 40.3 Å². The fourth-order valence-corrected chi connectivity index (χ4v) is 2.46. The van der Waals surface area contributed by atoms with Crippen LogP contribution in [-0.2, 0) is 11.3 Å². The molecule has 0 bridgehead atoms. The van der Waals surface area contributed by atoms with Gasteiger partial charge in [0.2, 0.25) is 0 Å². The third-order valence-electron chi connectivity index (χ3n) is 3.61. The largest absolute Gasteiger partial charge is 0.459 e. The molecule has 5 nitrogen and oxygen atoms in total. The zero-order valence-corrected chi connectivity index (χ0v) is 14.2. The maximum atomic E-state index is 13.6. The molecule has 128 valence electrons. The van der Waals surface area contributed by atoms with Crippen LogP contribution in [0.3, 0.4) is 0 Å². The smallest absolute Gasteiger partial charge is 0.340 e. The Labute approximate surface area is 140 Å². The minimum absolute atomic E-state index is 0.0643. The van der Waals surface area contributed by atoms with E-state index in [1.54, 1.807) is 45.9 Å². The van der Waals surface area contributed by atoms with Crippen LogP contribution in [-0.4, -0.2) is 23.0 Å². The molecule has 2 N–H and O–H groups in total. The average molecular weight is 332 g/mol. The van der Waals surface area contributed by atoms with E-state index in [1.807, 2.05) is 0 Å². The number of aryl methyl sites for hydroxylation is 1. The van der Waals surface area contributed by atoms with E-state index in [0.717, 1.165) is 0 Å². The molecule has 1 aromatic heterocycles. The van der Waals surface area contributed by atoms with Crippen molar-refractivity contribution in [1.82, 2.24) is 10.3 Å². The van der Waals surface area contributed by atoms with Crippen molar-refractivity contribution < 1.29 is 18.7 Å². The highest BCUT2D eigenvalue weighted by Gasteiger charge is 2.23. The standard InChI is InChI=1S/C18H21FN2O3/c1-10(2)24-18(23)15-11(3)16(21-12(15)4)17(22)20-9-13-7-5-6-8-14(13)19/h5-8,10,21H,9H2,1-4H3,(H,20,22). The lowest BCUT2D eigenvalue weighted by Crippen LogP contribution is -2.24. The Hall–Kier alpha value is -2.63. The van der Waals surface area contributed by atoms with Gasteiger partial charge in [-0.2, -0.15) is 0 Å². The monoisotopic (exact) mass is 332 g/mol. The molecule has 0 spiro atoms. The van der Waals surface area contributed by atoms with E-state index in [2.05, 4.69) is 10.3 Å². The summed E-state index contributed by atoms with van der Waals surface area (Å²) in [7, 11) is 0. The van der Waals surface area contributed by atoms with Gasteiger partial charge in [-0.15, -0.1) is 0 Å². The van der Waals surface area contributed by atoms with E-state index in [0.29, 0.717) is 22.4 Å². The van der Waals surface area contributed by atoms with Gasteiger partial charge in [-0.1, -0.05) is 18.2 Å². The van der Waals surface area contributed by atoms with Crippen LogP contribution >= 0.6 is 0 Å². The Morgan fingerprint density at radius 1 is 1.25 bits per heavy atom. The Kier molecular flexibility index (Phi) is 5.39. The van der Waals surface area contributed by atoms with E-state index in [9.17, 15) is 14.0 Å². The molecule has 0 atom stereocenters. The fraction of sp³-hybridized carbons (Fsp3) is 0.333. The van der Waals surface area contributed by atoms with Crippen LogP contribution < -0.4 is 5.32 Å². The molecule has 0 saturated carbocycles. The number of nitrogens with one attached hydrogen (secondary N) is 2. The normalized spacial score (nSPS) is 10.8. The highest BCUT2D eigenvalue weighted by Crippen LogP contribution is 2.20. The molecule has 0 saturated heterocycles. The number of esters is 1. The quantitative estimate of drug-likeness (QED) is 0.826. The molecule has 2 aromatic rings. The van der Waals surface area contributed by atoms with Crippen molar-refractivity contribution in [2.75, 3.05) is 0 Å². The van der Waals surface area contributed by atoms with Gasteiger partial charge < -0.3 is 15.0 Å². The number of carbonyl (C=O) groups is 2. The van der Waals surface area contributed by atoms with Gasteiger partial charge in [0.1, 0.15) is 11.5 Å². The maximum absolute atomic E-state index is 13.6. The number of aromatic amines is 1. The molecule has 1 aromatic carbocycles. The summed E-state index contributed by atoms with van der Waals surface area (Å²) in [4.78, 5) is 27.4. The first kappa shape index (κ1) is 17.7. The Balaban J connectivity index is 2.16. The molecule has 0 radical (unpaired) electrons. The first-order valence-corrected chi connectivity index (χ1v) is 7.73. The number of H-pyrrole nitrogens is 1. The van der Waals surface area contributed by atoms with Gasteiger partial charge in [0.25, 0.3) is 5.91 Å². The number of benzene rings is 1. The van der Waals surface area contributed by atoms with Crippen molar-refractivity contribution in [2.24, 2.45) is 0 Å². The summed E-state index contributed by atoms with van der Waals surface area (Å²) in [5, 5.41) is 2.65. The van der Waals surface area contributed by atoms with Crippen molar-refractivity contribution in [3.05, 3.63) is 58.2 Å². The van der Waals surface area contributed by atoms with Gasteiger partial charge in [-0.3, -0.25) is 4.79 Å². The van der Waals surface area contributed by atoms with E-state index >= 15 is 0 Å². The molecule has 1 amide bonds. The Morgan fingerprint density at radius 2 is 1.92 bits per heavy atom. The van der Waals surface area contributed by atoms with Gasteiger partial charge in [0.05, 0.1) is 11.7 Å². The molecule has 0 aliphatic rings. The lowest BCUT2D eigenvalue weighted by Gasteiger charge is -2.08. The minimum atomic E-state index is -0.468. The van der Waals surface area contributed by atoms with Crippen LogP contribution in [0.25, 0.3) is 0 Å². The molecule has 6 heteroatoms. The fourth-order valence-electron chi connectivity index (χ4n) is 2.46. The minimum Gasteiger partial charge on any atom is -0.459 e. The second-order valence-electron chi connectivity index (χ2n) is 5.85.